The van der Waals surface area contributed by atoms with Crippen LogP contribution >= 0.6 is 0 Å². The molecule has 1 atom stereocenters. The van der Waals surface area contributed by atoms with Crippen LogP contribution in [0.3, 0.4) is 0 Å². The summed E-state index contributed by atoms with van der Waals surface area (Å²) in [7, 11) is -0.921. The minimum Gasteiger partial charge on any atom is -0.398 e. The molecule has 3 N–H and O–H groups in total. The van der Waals surface area contributed by atoms with E-state index in [0.717, 1.165) is 12.1 Å². The van der Waals surface area contributed by atoms with Crippen molar-refractivity contribution in [3.05, 3.63) is 29.3 Å². The molecular weight excluding hydrogens is 262 g/mol. The number of anilines is 1. The molecule has 0 saturated carbocycles. The van der Waals surface area contributed by atoms with Crippen molar-refractivity contribution < 1.29 is 17.8 Å². The Labute approximate surface area is 106 Å². The summed E-state index contributed by atoms with van der Waals surface area (Å²) in [5.74, 6) is -2.32. The van der Waals surface area contributed by atoms with Crippen molar-refractivity contribution in [3.8, 4) is 0 Å². The molecule has 1 aromatic rings. The number of halogens is 2. The van der Waals surface area contributed by atoms with Crippen LogP contribution in [0.25, 0.3) is 0 Å². The van der Waals surface area contributed by atoms with Crippen molar-refractivity contribution in [2.75, 3.05) is 24.3 Å². The summed E-state index contributed by atoms with van der Waals surface area (Å²) in [5, 5.41) is 2.50. The minimum atomic E-state index is -1.12. The van der Waals surface area contributed by atoms with Crippen LogP contribution in [-0.4, -0.2) is 28.7 Å². The topological polar surface area (TPSA) is 72.2 Å². The molecule has 1 amide bonds. The van der Waals surface area contributed by atoms with E-state index in [1.54, 1.807) is 6.26 Å². The van der Waals surface area contributed by atoms with E-state index in [4.69, 9.17) is 5.73 Å². The van der Waals surface area contributed by atoms with Gasteiger partial charge in [0.2, 0.25) is 0 Å². The number of carbonyl (C=O) groups excluding carboxylic acids is 1. The zero-order valence-electron chi connectivity index (χ0n) is 9.83. The van der Waals surface area contributed by atoms with E-state index in [1.807, 2.05) is 0 Å². The van der Waals surface area contributed by atoms with Gasteiger partial charge in [0.05, 0.1) is 5.56 Å². The van der Waals surface area contributed by atoms with Gasteiger partial charge in [-0.3, -0.25) is 9.00 Å². The highest BCUT2D eigenvalue weighted by molar-refractivity contribution is 7.84. The molecule has 4 nitrogen and oxygen atoms in total. The van der Waals surface area contributed by atoms with Crippen molar-refractivity contribution in [3.63, 3.8) is 0 Å². The third kappa shape index (κ3) is 4.06. The Morgan fingerprint density at radius 1 is 1.39 bits per heavy atom. The van der Waals surface area contributed by atoms with E-state index in [0.29, 0.717) is 18.7 Å². The lowest BCUT2D eigenvalue weighted by molar-refractivity contribution is 0.0954. The van der Waals surface area contributed by atoms with Crippen molar-refractivity contribution >= 4 is 22.4 Å². The fourth-order valence-electron chi connectivity index (χ4n) is 1.33. The van der Waals surface area contributed by atoms with Gasteiger partial charge in [-0.1, -0.05) is 0 Å². The zero-order chi connectivity index (χ0) is 13.7. The van der Waals surface area contributed by atoms with Gasteiger partial charge in [-0.2, -0.15) is 0 Å². The lowest BCUT2D eigenvalue weighted by Gasteiger charge is -2.07. The fourth-order valence-corrected chi connectivity index (χ4v) is 1.88. The van der Waals surface area contributed by atoms with E-state index in [9.17, 15) is 17.8 Å². The Balaban J connectivity index is 2.62. The molecule has 0 aliphatic carbocycles. The number of nitrogens with one attached hydrogen (secondary N) is 1. The third-order valence-electron chi connectivity index (χ3n) is 2.23. The van der Waals surface area contributed by atoms with E-state index < -0.39 is 28.3 Å². The van der Waals surface area contributed by atoms with Crippen LogP contribution in [-0.2, 0) is 10.8 Å². The molecule has 0 spiro atoms. The largest absolute Gasteiger partial charge is 0.398 e. The molecule has 1 unspecified atom stereocenters. The van der Waals surface area contributed by atoms with Gasteiger partial charge in [0.15, 0.2) is 11.6 Å². The highest BCUT2D eigenvalue weighted by atomic mass is 32.2. The predicted octanol–water partition coefficient (Wildman–Crippen LogP) is 1.05. The molecule has 0 aromatic heterocycles. The first-order chi connectivity index (χ1) is 8.41. The zero-order valence-corrected chi connectivity index (χ0v) is 10.7. The lowest BCUT2D eigenvalue weighted by Crippen LogP contribution is -2.26. The Morgan fingerprint density at radius 2 is 2.00 bits per heavy atom. The van der Waals surface area contributed by atoms with Gasteiger partial charge in [-0.15, -0.1) is 0 Å². The molecule has 100 valence electrons. The second-order valence-corrected chi connectivity index (χ2v) is 5.29. The number of benzene rings is 1. The van der Waals surface area contributed by atoms with Gasteiger partial charge in [-0.25, -0.2) is 8.78 Å². The first kappa shape index (κ1) is 14.6. The molecule has 0 aliphatic heterocycles. The summed E-state index contributed by atoms with van der Waals surface area (Å²) in [6.45, 7) is 0.302. The summed E-state index contributed by atoms with van der Waals surface area (Å²) in [4.78, 5) is 11.6. The third-order valence-corrected chi connectivity index (χ3v) is 3.09. The lowest BCUT2D eigenvalue weighted by atomic mass is 10.1. The maximum atomic E-state index is 13.0. The Kier molecular flexibility index (Phi) is 5.21. The normalized spacial score (nSPS) is 12.2. The molecule has 1 rings (SSSR count). The summed E-state index contributed by atoms with van der Waals surface area (Å²) < 4.78 is 36.5. The molecule has 0 heterocycles. The van der Waals surface area contributed by atoms with Gasteiger partial charge >= 0.3 is 0 Å². The molecule has 1 aromatic carbocycles. The average molecular weight is 276 g/mol. The smallest absolute Gasteiger partial charge is 0.253 e. The van der Waals surface area contributed by atoms with Gasteiger partial charge < -0.3 is 11.1 Å². The summed E-state index contributed by atoms with van der Waals surface area (Å²) in [5.41, 5.74) is 5.20. The Morgan fingerprint density at radius 3 is 2.61 bits per heavy atom. The van der Waals surface area contributed by atoms with Crippen molar-refractivity contribution in [1.82, 2.24) is 5.32 Å². The minimum absolute atomic E-state index is 0.105. The maximum absolute atomic E-state index is 13.0. The monoisotopic (exact) mass is 276 g/mol. The average Bonchev–Trinajstić information content (AvgIpc) is 2.28. The Hall–Kier alpha value is -1.50. The fraction of sp³-hybridized carbons (Fsp3) is 0.364. The van der Waals surface area contributed by atoms with Gasteiger partial charge in [-0.05, 0) is 12.5 Å². The van der Waals surface area contributed by atoms with Crippen LogP contribution in [0, 0.1) is 11.6 Å². The summed E-state index contributed by atoms with van der Waals surface area (Å²) in [6.07, 6.45) is 2.10. The number of carbonyl (C=O) groups is 1. The highest BCUT2D eigenvalue weighted by Crippen LogP contribution is 2.16. The number of rotatable bonds is 5. The number of hydrogen-bond donors (Lipinski definition) is 2. The van der Waals surface area contributed by atoms with Crippen LogP contribution in [0.1, 0.15) is 16.8 Å². The molecule has 0 radical (unpaired) electrons. The van der Waals surface area contributed by atoms with E-state index >= 15 is 0 Å². The maximum Gasteiger partial charge on any atom is 0.253 e. The van der Waals surface area contributed by atoms with Gasteiger partial charge in [0.1, 0.15) is 0 Å². The van der Waals surface area contributed by atoms with Gasteiger partial charge in [0, 0.05) is 41.1 Å². The quantitative estimate of drug-likeness (QED) is 0.623. The van der Waals surface area contributed by atoms with Crippen LogP contribution in [0.4, 0.5) is 14.5 Å². The molecule has 0 saturated heterocycles. The predicted molar refractivity (Wildman–Crippen MR) is 66.7 cm³/mol. The van der Waals surface area contributed by atoms with Crippen LogP contribution in [0.2, 0.25) is 0 Å². The summed E-state index contributed by atoms with van der Waals surface area (Å²) in [6, 6.07) is 1.53. The molecule has 0 aliphatic rings. The van der Waals surface area contributed by atoms with Crippen LogP contribution in [0.15, 0.2) is 12.1 Å². The molecule has 7 heteroatoms. The first-order valence-electron chi connectivity index (χ1n) is 5.24. The van der Waals surface area contributed by atoms with E-state index in [-0.39, 0.29) is 11.3 Å². The molecular formula is C11H14F2N2O2S. The van der Waals surface area contributed by atoms with Crippen molar-refractivity contribution in [2.45, 2.75) is 6.42 Å². The number of hydrogen-bond acceptors (Lipinski definition) is 3. The standard InChI is InChI=1S/C11H14F2N2O2S/c1-18(17)4-2-3-15-11(16)7-5-8(12)9(13)6-10(7)14/h5-6H,2-4,14H2,1H3,(H,15,16). The number of nitrogen functional groups attached to an aromatic ring is 1. The van der Waals surface area contributed by atoms with Crippen LogP contribution < -0.4 is 11.1 Å². The first-order valence-corrected chi connectivity index (χ1v) is 6.97. The number of amides is 1. The number of nitrogens with two attached hydrogens (primary N) is 1. The molecule has 0 fully saturated rings. The van der Waals surface area contributed by atoms with Crippen molar-refractivity contribution in [2.24, 2.45) is 0 Å². The molecule has 18 heavy (non-hydrogen) atoms. The summed E-state index contributed by atoms with van der Waals surface area (Å²) >= 11 is 0. The van der Waals surface area contributed by atoms with E-state index in [1.165, 1.54) is 0 Å². The second-order valence-electron chi connectivity index (χ2n) is 3.74. The SMILES string of the molecule is CS(=O)CCCNC(=O)c1cc(F)c(F)cc1N. The second kappa shape index (κ2) is 6.44. The van der Waals surface area contributed by atoms with Crippen LogP contribution in [0.5, 0.6) is 0 Å². The van der Waals surface area contributed by atoms with Crippen molar-refractivity contribution in [1.29, 1.82) is 0 Å². The highest BCUT2D eigenvalue weighted by Gasteiger charge is 2.13. The Bertz CT molecular complexity index is 480. The van der Waals surface area contributed by atoms with Gasteiger partial charge in [0.25, 0.3) is 5.91 Å². The van der Waals surface area contributed by atoms with E-state index in [2.05, 4.69) is 5.32 Å². The molecule has 0 bridgehead atoms.